The highest BCUT2D eigenvalue weighted by Crippen LogP contribution is 2.26. The van der Waals surface area contributed by atoms with E-state index in [9.17, 15) is 9.59 Å². The number of nitrogens with one attached hydrogen (secondary N) is 2. The van der Waals surface area contributed by atoms with Crippen molar-refractivity contribution in [3.8, 4) is 0 Å². The van der Waals surface area contributed by atoms with Crippen molar-refractivity contribution in [1.82, 2.24) is 10.1 Å². The summed E-state index contributed by atoms with van der Waals surface area (Å²) in [5.74, 6) is 0.474. The number of aryl methyl sites for hydroxylation is 1. The zero-order valence-corrected chi connectivity index (χ0v) is 15.0. The van der Waals surface area contributed by atoms with Gasteiger partial charge < -0.3 is 20.1 Å². The second-order valence-electron chi connectivity index (χ2n) is 5.89. The van der Waals surface area contributed by atoms with Gasteiger partial charge in [0.25, 0.3) is 5.91 Å². The lowest BCUT2D eigenvalue weighted by Crippen LogP contribution is -2.35. The molecule has 2 N–H and O–H groups in total. The van der Waals surface area contributed by atoms with E-state index in [-0.39, 0.29) is 30.8 Å². The number of hydrogen-bond acceptors (Lipinski definition) is 5. The van der Waals surface area contributed by atoms with Crippen molar-refractivity contribution in [3.05, 3.63) is 41.2 Å². The van der Waals surface area contributed by atoms with Crippen LogP contribution >= 0.6 is 12.4 Å². The Hall–Kier alpha value is -2.54. The number of carbonyl (C=O) groups is 2. The standard InChI is InChI=1S/C17H20N4O3.ClH/c1-11-9-15(20-24-11)19-16(22)10-21(2)17(23)13-5-3-7-14-12(13)6-4-8-18-14;/h3,5,7,9,18H,4,6,8,10H2,1-2H3,(H,19,20,22);1H. The van der Waals surface area contributed by atoms with Gasteiger partial charge in [-0.2, -0.15) is 0 Å². The zero-order valence-electron chi connectivity index (χ0n) is 14.2. The van der Waals surface area contributed by atoms with Crippen molar-refractivity contribution in [2.24, 2.45) is 0 Å². The highest BCUT2D eigenvalue weighted by molar-refractivity contribution is 6.00. The van der Waals surface area contributed by atoms with Gasteiger partial charge in [-0.15, -0.1) is 12.4 Å². The molecule has 7 nitrogen and oxygen atoms in total. The quantitative estimate of drug-likeness (QED) is 0.870. The van der Waals surface area contributed by atoms with Crippen LogP contribution in [0.1, 0.15) is 28.1 Å². The maximum atomic E-state index is 12.7. The molecule has 0 spiro atoms. The molecule has 0 unspecified atom stereocenters. The lowest BCUT2D eigenvalue weighted by atomic mass is 9.97. The molecular weight excluding hydrogens is 344 g/mol. The number of nitrogens with zero attached hydrogens (tertiary/aromatic N) is 2. The summed E-state index contributed by atoms with van der Waals surface area (Å²) < 4.78 is 4.90. The third-order valence-electron chi connectivity index (χ3n) is 3.95. The molecule has 25 heavy (non-hydrogen) atoms. The van der Waals surface area contributed by atoms with Gasteiger partial charge in [-0.25, -0.2) is 0 Å². The molecule has 2 aromatic rings. The summed E-state index contributed by atoms with van der Waals surface area (Å²) in [6, 6.07) is 7.27. The third kappa shape index (κ3) is 4.30. The largest absolute Gasteiger partial charge is 0.385 e. The van der Waals surface area contributed by atoms with Crippen LogP contribution in [0.2, 0.25) is 0 Å². The second kappa shape index (κ2) is 8.02. The fourth-order valence-corrected chi connectivity index (χ4v) is 2.81. The molecule has 2 heterocycles. The summed E-state index contributed by atoms with van der Waals surface area (Å²) in [7, 11) is 1.62. The maximum absolute atomic E-state index is 12.7. The first kappa shape index (κ1) is 18.8. The Morgan fingerprint density at radius 3 is 2.92 bits per heavy atom. The number of hydrogen-bond donors (Lipinski definition) is 2. The molecular formula is C17H21ClN4O3. The van der Waals surface area contributed by atoms with Crippen molar-refractivity contribution in [3.63, 3.8) is 0 Å². The molecule has 1 aliphatic heterocycles. The fraction of sp³-hybridized carbons (Fsp3) is 0.353. The summed E-state index contributed by atoms with van der Waals surface area (Å²) in [4.78, 5) is 26.2. The van der Waals surface area contributed by atoms with Crippen LogP contribution in [0.3, 0.4) is 0 Å². The molecule has 1 aromatic carbocycles. The molecule has 0 radical (unpaired) electrons. The number of likely N-dealkylation sites (N-methyl/N-ethyl adjacent to an activating group) is 1. The van der Waals surface area contributed by atoms with E-state index < -0.39 is 0 Å². The van der Waals surface area contributed by atoms with Crippen LogP contribution in [0.4, 0.5) is 11.5 Å². The first-order valence-electron chi connectivity index (χ1n) is 7.89. The van der Waals surface area contributed by atoms with Gasteiger partial charge in [0.05, 0.1) is 6.54 Å². The predicted octanol–water partition coefficient (Wildman–Crippen LogP) is 2.47. The van der Waals surface area contributed by atoms with E-state index in [2.05, 4.69) is 15.8 Å². The maximum Gasteiger partial charge on any atom is 0.254 e. The average molecular weight is 365 g/mol. The predicted molar refractivity (Wildman–Crippen MR) is 97.3 cm³/mol. The summed E-state index contributed by atoms with van der Waals surface area (Å²) in [5, 5.41) is 9.62. The molecule has 8 heteroatoms. The van der Waals surface area contributed by atoms with Crippen LogP contribution in [0.15, 0.2) is 28.8 Å². The van der Waals surface area contributed by atoms with Gasteiger partial charge in [0.1, 0.15) is 5.76 Å². The van der Waals surface area contributed by atoms with Crippen LogP contribution in [-0.4, -0.2) is 42.0 Å². The smallest absolute Gasteiger partial charge is 0.254 e. The van der Waals surface area contributed by atoms with Gasteiger partial charge in [-0.3, -0.25) is 9.59 Å². The van der Waals surface area contributed by atoms with Gasteiger partial charge in [0, 0.05) is 30.9 Å². The Balaban J connectivity index is 0.00000225. The number of carbonyl (C=O) groups excluding carboxylic acids is 2. The minimum Gasteiger partial charge on any atom is -0.385 e. The second-order valence-corrected chi connectivity index (χ2v) is 5.89. The molecule has 2 amide bonds. The van der Waals surface area contributed by atoms with Crippen molar-refractivity contribution in [1.29, 1.82) is 0 Å². The Bertz CT molecular complexity index is 775. The lowest BCUT2D eigenvalue weighted by molar-refractivity contribution is -0.116. The molecule has 1 aliphatic rings. The number of rotatable bonds is 4. The summed E-state index contributed by atoms with van der Waals surface area (Å²) in [5.41, 5.74) is 2.67. The lowest BCUT2D eigenvalue weighted by Gasteiger charge is -2.23. The minimum absolute atomic E-state index is 0. The van der Waals surface area contributed by atoms with Gasteiger partial charge in [-0.05, 0) is 37.5 Å². The number of benzene rings is 1. The van der Waals surface area contributed by atoms with Crippen LogP contribution in [0.25, 0.3) is 0 Å². The van der Waals surface area contributed by atoms with Gasteiger partial charge >= 0.3 is 0 Å². The third-order valence-corrected chi connectivity index (χ3v) is 3.95. The molecule has 134 valence electrons. The van der Waals surface area contributed by atoms with Gasteiger partial charge in [0.15, 0.2) is 5.82 Å². The number of anilines is 2. The first-order valence-corrected chi connectivity index (χ1v) is 7.89. The number of fused-ring (bicyclic) bond motifs is 1. The zero-order chi connectivity index (χ0) is 17.1. The van der Waals surface area contributed by atoms with E-state index in [1.807, 2.05) is 18.2 Å². The number of amides is 2. The van der Waals surface area contributed by atoms with Crippen molar-refractivity contribution >= 4 is 35.7 Å². The van der Waals surface area contributed by atoms with E-state index in [0.29, 0.717) is 17.1 Å². The molecule has 0 fully saturated rings. The monoisotopic (exact) mass is 364 g/mol. The Kier molecular flexibility index (Phi) is 6.03. The fourth-order valence-electron chi connectivity index (χ4n) is 2.81. The average Bonchev–Trinajstić information content (AvgIpc) is 2.98. The van der Waals surface area contributed by atoms with E-state index in [4.69, 9.17) is 4.52 Å². The first-order chi connectivity index (χ1) is 11.5. The summed E-state index contributed by atoms with van der Waals surface area (Å²) >= 11 is 0. The van der Waals surface area contributed by atoms with Gasteiger partial charge in [0.2, 0.25) is 5.91 Å². The van der Waals surface area contributed by atoms with E-state index in [1.165, 1.54) is 4.90 Å². The SMILES string of the molecule is Cc1cc(NC(=O)CN(C)C(=O)c2cccc3c2CCCN3)no1.Cl. The van der Waals surface area contributed by atoms with Crippen LogP contribution in [0, 0.1) is 6.92 Å². The van der Waals surface area contributed by atoms with Crippen molar-refractivity contribution < 1.29 is 14.1 Å². The molecule has 0 bridgehead atoms. The van der Waals surface area contributed by atoms with E-state index in [0.717, 1.165) is 30.6 Å². The molecule has 3 rings (SSSR count). The molecule has 0 saturated carbocycles. The molecule has 0 atom stereocenters. The Labute approximate surface area is 152 Å². The Morgan fingerprint density at radius 2 is 2.20 bits per heavy atom. The van der Waals surface area contributed by atoms with Crippen molar-refractivity contribution in [2.75, 3.05) is 30.8 Å². The number of aromatic nitrogens is 1. The van der Waals surface area contributed by atoms with Crippen molar-refractivity contribution in [2.45, 2.75) is 19.8 Å². The van der Waals surface area contributed by atoms with Crippen LogP contribution in [0.5, 0.6) is 0 Å². The summed E-state index contributed by atoms with van der Waals surface area (Å²) in [6.45, 7) is 2.60. The number of halogens is 1. The van der Waals surface area contributed by atoms with E-state index in [1.54, 1.807) is 20.0 Å². The normalized spacial score (nSPS) is 12.4. The molecule has 0 saturated heterocycles. The molecule has 1 aromatic heterocycles. The summed E-state index contributed by atoms with van der Waals surface area (Å²) in [6.07, 6.45) is 1.86. The highest BCUT2D eigenvalue weighted by Gasteiger charge is 2.21. The molecule has 0 aliphatic carbocycles. The van der Waals surface area contributed by atoms with E-state index >= 15 is 0 Å². The minimum atomic E-state index is -0.318. The van der Waals surface area contributed by atoms with Crippen LogP contribution < -0.4 is 10.6 Å². The highest BCUT2D eigenvalue weighted by atomic mass is 35.5. The van der Waals surface area contributed by atoms with Crippen LogP contribution in [-0.2, 0) is 11.2 Å². The Morgan fingerprint density at radius 1 is 1.40 bits per heavy atom. The topological polar surface area (TPSA) is 87.5 Å². The van der Waals surface area contributed by atoms with Gasteiger partial charge in [-0.1, -0.05) is 11.2 Å².